The second-order valence-corrected chi connectivity index (χ2v) is 6.75. The Bertz CT molecular complexity index is 668. The molecule has 2 aromatic carbocycles. The summed E-state index contributed by atoms with van der Waals surface area (Å²) in [6, 6.07) is 17.2. The maximum atomic E-state index is 12.5. The van der Waals surface area contributed by atoms with E-state index in [4.69, 9.17) is 0 Å². The third-order valence-corrected chi connectivity index (χ3v) is 4.06. The van der Waals surface area contributed by atoms with Gasteiger partial charge in [-0.05, 0) is 38.0 Å². The van der Waals surface area contributed by atoms with Gasteiger partial charge in [-0.15, -0.1) is 0 Å². The van der Waals surface area contributed by atoms with Crippen molar-refractivity contribution in [2.75, 3.05) is 25.0 Å². The molecule has 0 aliphatic rings. The van der Waals surface area contributed by atoms with Crippen LogP contribution in [0.3, 0.4) is 0 Å². The zero-order chi connectivity index (χ0) is 17.6. The molecule has 0 aliphatic heterocycles. The van der Waals surface area contributed by atoms with Gasteiger partial charge >= 0.3 is 0 Å². The van der Waals surface area contributed by atoms with E-state index in [1.165, 1.54) is 5.56 Å². The quantitative estimate of drug-likeness (QED) is 0.821. The summed E-state index contributed by atoms with van der Waals surface area (Å²) in [6.07, 6.45) is 0.824. The van der Waals surface area contributed by atoms with E-state index in [2.05, 4.69) is 17.4 Å². The van der Waals surface area contributed by atoms with Gasteiger partial charge < -0.3 is 15.3 Å². The van der Waals surface area contributed by atoms with Crippen LogP contribution < -0.4 is 10.2 Å². The first-order valence-electron chi connectivity index (χ1n) is 8.21. The highest BCUT2D eigenvalue weighted by molar-refractivity contribution is 5.82. The van der Waals surface area contributed by atoms with Gasteiger partial charge in [0.2, 0.25) is 5.91 Å². The summed E-state index contributed by atoms with van der Waals surface area (Å²) in [5.41, 5.74) is 1.57. The fourth-order valence-electron chi connectivity index (χ4n) is 2.69. The summed E-state index contributed by atoms with van der Waals surface area (Å²) >= 11 is 0. The zero-order valence-corrected chi connectivity index (χ0v) is 14.6. The van der Waals surface area contributed by atoms with Gasteiger partial charge in [0.1, 0.15) is 5.75 Å². The van der Waals surface area contributed by atoms with Gasteiger partial charge in [-0.3, -0.25) is 4.79 Å². The first kappa shape index (κ1) is 17.9. The van der Waals surface area contributed by atoms with Crippen molar-refractivity contribution in [1.29, 1.82) is 0 Å². The number of aromatic hydroxyl groups is 1. The third-order valence-electron chi connectivity index (χ3n) is 4.06. The van der Waals surface area contributed by atoms with Crippen LogP contribution in [0.1, 0.15) is 19.4 Å². The van der Waals surface area contributed by atoms with Crippen molar-refractivity contribution in [1.82, 2.24) is 5.32 Å². The Morgan fingerprint density at radius 1 is 1.12 bits per heavy atom. The summed E-state index contributed by atoms with van der Waals surface area (Å²) in [7, 11) is 1.92. The molecular formula is C20H26N2O2. The molecule has 1 amide bonds. The van der Waals surface area contributed by atoms with E-state index in [-0.39, 0.29) is 11.7 Å². The van der Waals surface area contributed by atoms with E-state index in [1.807, 2.05) is 50.1 Å². The Balaban J connectivity index is 1.87. The summed E-state index contributed by atoms with van der Waals surface area (Å²) in [5.74, 6) is 0.259. The Morgan fingerprint density at radius 3 is 2.50 bits per heavy atom. The second-order valence-electron chi connectivity index (χ2n) is 6.75. The molecule has 2 aromatic rings. The molecule has 4 heteroatoms. The molecule has 0 spiro atoms. The Morgan fingerprint density at radius 2 is 1.83 bits per heavy atom. The van der Waals surface area contributed by atoms with Crippen molar-refractivity contribution >= 4 is 11.6 Å². The van der Waals surface area contributed by atoms with Crippen LogP contribution in [-0.2, 0) is 11.2 Å². The Labute approximate surface area is 144 Å². The molecule has 0 bridgehead atoms. The van der Waals surface area contributed by atoms with E-state index in [0.29, 0.717) is 13.1 Å². The van der Waals surface area contributed by atoms with Gasteiger partial charge in [0, 0.05) is 31.9 Å². The highest BCUT2D eigenvalue weighted by Gasteiger charge is 2.29. The monoisotopic (exact) mass is 326 g/mol. The SMILES string of the molecule is CN(CC(C)(C)C(=O)NCCc1ccccc1)c1cccc(O)c1. The molecule has 0 saturated heterocycles. The van der Waals surface area contributed by atoms with Gasteiger partial charge in [-0.1, -0.05) is 36.4 Å². The minimum Gasteiger partial charge on any atom is -0.508 e. The van der Waals surface area contributed by atoms with E-state index >= 15 is 0 Å². The number of amides is 1. The van der Waals surface area contributed by atoms with Crippen LogP contribution in [0.15, 0.2) is 54.6 Å². The maximum absolute atomic E-state index is 12.5. The van der Waals surface area contributed by atoms with Gasteiger partial charge in [0.15, 0.2) is 0 Å². The molecule has 4 nitrogen and oxygen atoms in total. The summed E-state index contributed by atoms with van der Waals surface area (Å²) in [4.78, 5) is 14.5. The van der Waals surface area contributed by atoms with Crippen molar-refractivity contribution in [3.05, 3.63) is 60.2 Å². The van der Waals surface area contributed by atoms with Crippen molar-refractivity contribution in [2.45, 2.75) is 20.3 Å². The second kappa shape index (κ2) is 7.86. The first-order valence-corrected chi connectivity index (χ1v) is 8.21. The van der Waals surface area contributed by atoms with Crippen LogP contribution in [0.2, 0.25) is 0 Å². The fraction of sp³-hybridized carbons (Fsp3) is 0.350. The van der Waals surface area contributed by atoms with Gasteiger partial charge in [-0.2, -0.15) is 0 Å². The average molecular weight is 326 g/mol. The molecule has 0 aromatic heterocycles. The van der Waals surface area contributed by atoms with Crippen molar-refractivity contribution in [3.8, 4) is 5.75 Å². The minimum atomic E-state index is -0.531. The molecule has 24 heavy (non-hydrogen) atoms. The highest BCUT2D eigenvalue weighted by atomic mass is 16.3. The van der Waals surface area contributed by atoms with Crippen LogP contribution in [0.5, 0.6) is 5.75 Å². The molecule has 0 atom stereocenters. The molecule has 2 N–H and O–H groups in total. The molecule has 128 valence electrons. The lowest BCUT2D eigenvalue weighted by Crippen LogP contribution is -2.44. The number of carbonyl (C=O) groups excluding carboxylic acids is 1. The number of nitrogens with zero attached hydrogens (tertiary/aromatic N) is 1. The smallest absolute Gasteiger partial charge is 0.227 e. The lowest BCUT2D eigenvalue weighted by Gasteiger charge is -2.30. The molecule has 0 aliphatic carbocycles. The van der Waals surface area contributed by atoms with Crippen molar-refractivity contribution in [3.63, 3.8) is 0 Å². The number of phenolic OH excluding ortho intramolecular Hbond substituents is 1. The highest BCUT2D eigenvalue weighted by Crippen LogP contribution is 2.24. The summed E-state index contributed by atoms with van der Waals surface area (Å²) in [5, 5.41) is 12.6. The average Bonchev–Trinajstić information content (AvgIpc) is 2.55. The molecule has 2 rings (SSSR count). The van der Waals surface area contributed by atoms with E-state index in [9.17, 15) is 9.90 Å². The van der Waals surface area contributed by atoms with E-state index in [1.54, 1.807) is 18.2 Å². The molecule has 0 heterocycles. The van der Waals surface area contributed by atoms with Crippen molar-refractivity contribution < 1.29 is 9.90 Å². The maximum Gasteiger partial charge on any atom is 0.227 e. The fourth-order valence-corrected chi connectivity index (χ4v) is 2.69. The number of carbonyl (C=O) groups is 1. The summed E-state index contributed by atoms with van der Waals surface area (Å²) < 4.78 is 0. The van der Waals surface area contributed by atoms with Crippen LogP contribution in [0.25, 0.3) is 0 Å². The number of hydrogen-bond acceptors (Lipinski definition) is 3. The molecule has 0 radical (unpaired) electrons. The largest absolute Gasteiger partial charge is 0.508 e. The van der Waals surface area contributed by atoms with Gasteiger partial charge in [-0.25, -0.2) is 0 Å². The number of phenols is 1. The van der Waals surface area contributed by atoms with Crippen LogP contribution >= 0.6 is 0 Å². The first-order chi connectivity index (χ1) is 11.4. The van der Waals surface area contributed by atoms with Crippen molar-refractivity contribution in [2.24, 2.45) is 5.41 Å². The van der Waals surface area contributed by atoms with Crippen LogP contribution in [0.4, 0.5) is 5.69 Å². The third kappa shape index (κ3) is 5.01. The minimum absolute atomic E-state index is 0.0328. The van der Waals surface area contributed by atoms with Gasteiger partial charge in [0.25, 0.3) is 0 Å². The topological polar surface area (TPSA) is 52.6 Å². The number of hydrogen-bond donors (Lipinski definition) is 2. The predicted molar refractivity (Wildman–Crippen MR) is 98.3 cm³/mol. The Hall–Kier alpha value is -2.49. The summed E-state index contributed by atoms with van der Waals surface area (Å²) in [6.45, 7) is 5.06. The molecule has 0 fully saturated rings. The standard InChI is InChI=1S/C20H26N2O2/c1-20(2,15-22(3)17-10-7-11-18(23)14-17)19(24)21-13-12-16-8-5-4-6-9-16/h4-11,14,23H,12-13,15H2,1-3H3,(H,21,24). The molecule has 0 unspecified atom stereocenters. The number of anilines is 1. The van der Waals surface area contributed by atoms with Crippen LogP contribution in [0, 0.1) is 5.41 Å². The lowest BCUT2D eigenvalue weighted by molar-refractivity contribution is -0.128. The lowest BCUT2D eigenvalue weighted by atomic mass is 9.91. The predicted octanol–water partition coefficient (Wildman–Crippen LogP) is 3.21. The normalized spacial score (nSPS) is 11.1. The number of benzene rings is 2. The number of nitrogens with one attached hydrogen (secondary N) is 1. The van der Waals surface area contributed by atoms with E-state index in [0.717, 1.165) is 12.1 Å². The molecule has 0 saturated carbocycles. The Kier molecular flexibility index (Phi) is 5.85. The van der Waals surface area contributed by atoms with E-state index < -0.39 is 5.41 Å². The molecular weight excluding hydrogens is 300 g/mol. The van der Waals surface area contributed by atoms with Gasteiger partial charge in [0.05, 0.1) is 5.41 Å². The zero-order valence-electron chi connectivity index (χ0n) is 14.6. The number of rotatable bonds is 7. The van der Waals surface area contributed by atoms with Crippen LogP contribution in [-0.4, -0.2) is 31.2 Å².